The highest BCUT2D eigenvalue weighted by molar-refractivity contribution is 5.66. The van der Waals surface area contributed by atoms with Gasteiger partial charge < -0.3 is 20.1 Å². The van der Waals surface area contributed by atoms with E-state index in [4.69, 9.17) is 9.47 Å². The fourth-order valence-corrected chi connectivity index (χ4v) is 2.52. The molecule has 1 aromatic heterocycles. The first-order valence-electron chi connectivity index (χ1n) is 8.38. The van der Waals surface area contributed by atoms with Crippen LogP contribution in [0.3, 0.4) is 0 Å². The Hall–Kier alpha value is -3.28. The summed E-state index contributed by atoms with van der Waals surface area (Å²) < 4.78 is 10.6. The highest BCUT2D eigenvalue weighted by atomic mass is 16.5. The van der Waals surface area contributed by atoms with E-state index in [1.807, 2.05) is 42.5 Å². The van der Waals surface area contributed by atoms with Crippen LogP contribution in [-0.4, -0.2) is 30.7 Å². The van der Waals surface area contributed by atoms with Gasteiger partial charge in [-0.1, -0.05) is 30.3 Å². The molecule has 0 fully saturated rings. The molecule has 3 rings (SSSR count). The summed E-state index contributed by atoms with van der Waals surface area (Å²) in [6, 6.07) is 17.7. The standard InChI is InChI=1S/C20H22N4O2/c1-25-16-8-9-17(18(14-16)26-2)23-19-11-13-22-20(24-19)21-12-10-15-6-4-3-5-7-15/h3-9,11,13-14H,10,12H2,1-2H3,(H2,21,22,23,24). The van der Waals surface area contributed by atoms with Crippen LogP contribution in [0.15, 0.2) is 60.8 Å². The number of nitrogens with zero attached hydrogens (tertiary/aromatic N) is 2. The van der Waals surface area contributed by atoms with E-state index in [-0.39, 0.29) is 0 Å². The van der Waals surface area contributed by atoms with Gasteiger partial charge in [-0.15, -0.1) is 0 Å². The van der Waals surface area contributed by atoms with Gasteiger partial charge in [0.05, 0.1) is 19.9 Å². The molecule has 0 aliphatic heterocycles. The molecule has 26 heavy (non-hydrogen) atoms. The van der Waals surface area contributed by atoms with Crippen molar-refractivity contribution in [2.45, 2.75) is 6.42 Å². The SMILES string of the molecule is COc1ccc(Nc2ccnc(NCCc3ccccc3)n2)c(OC)c1. The summed E-state index contributed by atoms with van der Waals surface area (Å²) in [4.78, 5) is 8.77. The lowest BCUT2D eigenvalue weighted by molar-refractivity contribution is 0.395. The smallest absolute Gasteiger partial charge is 0.224 e. The number of ether oxygens (including phenoxy) is 2. The maximum Gasteiger partial charge on any atom is 0.224 e. The number of benzene rings is 2. The predicted octanol–water partition coefficient (Wildman–Crippen LogP) is 3.89. The number of methoxy groups -OCH3 is 2. The number of hydrogen-bond donors (Lipinski definition) is 2. The summed E-state index contributed by atoms with van der Waals surface area (Å²) in [6.45, 7) is 0.763. The Morgan fingerprint density at radius 3 is 2.58 bits per heavy atom. The third kappa shape index (κ3) is 4.63. The quantitative estimate of drug-likeness (QED) is 0.642. The third-order valence-corrected chi connectivity index (χ3v) is 3.87. The van der Waals surface area contributed by atoms with Crippen molar-refractivity contribution in [1.29, 1.82) is 0 Å². The van der Waals surface area contributed by atoms with Gasteiger partial charge in [0.1, 0.15) is 17.3 Å². The molecule has 3 aromatic rings. The van der Waals surface area contributed by atoms with E-state index in [9.17, 15) is 0 Å². The molecule has 0 bridgehead atoms. The van der Waals surface area contributed by atoms with Crippen LogP contribution < -0.4 is 20.1 Å². The minimum Gasteiger partial charge on any atom is -0.497 e. The molecule has 6 nitrogen and oxygen atoms in total. The first-order valence-corrected chi connectivity index (χ1v) is 8.38. The minimum atomic E-state index is 0.582. The second kappa shape index (κ2) is 8.71. The zero-order valence-electron chi connectivity index (χ0n) is 14.9. The predicted molar refractivity (Wildman–Crippen MR) is 103 cm³/mol. The fraction of sp³-hybridized carbons (Fsp3) is 0.200. The minimum absolute atomic E-state index is 0.582. The number of nitrogens with one attached hydrogen (secondary N) is 2. The van der Waals surface area contributed by atoms with Crippen LogP contribution in [-0.2, 0) is 6.42 Å². The van der Waals surface area contributed by atoms with Crippen LogP contribution >= 0.6 is 0 Å². The highest BCUT2D eigenvalue weighted by Crippen LogP contribution is 2.31. The molecule has 0 aliphatic rings. The molecule has 2 N–H and O–H groups in total. The first-order chi connectivity index (χ1) is 12.8. The maximum absolute atomic E-state index is 5.40. The molecule has 1 heterocycles. The molecule has 0 spiro atoms. The number of rotatable bonds is 8. The lowest BCUT2D eigenvalue weighted by Gasteiger charge is -2.12. The van der Waals surface area contributed by atoms with Gasteiger partial charge in [0.2, 0.25) is 5.95 Å². The average Bonchev–Trinajstić information content (AvgIpc) is 2.69. The first kappa shape index (κ1) is 17.5. The summed E-state index contributed by atoms with van der Waals surface area (Å²) in [5, 5.41) is 6.50. The van der Waals surface area contributed by atoms with Crippen molar-refractivity contribution >= 4 is 17.5 Å². The largest absolute Gasteiger partial charge is 0.497 e. The molecule has 0 unspecified atom stereocenters. The Morgan fingerprint density at radius 1 is 0.962 bits per heavy atom. The Labute approximate surface area is 153 Å². The molecule has 134 valence electrons. The van der Waals surface area contributed by atoms with Crippen LogP contribution in [0.1, 0.15) is 5.56 Å². The van der Waals surface area contributed by atoms with E-state index in [1.54, 1.807) is 20.4 Å². The number of anilines is 3. The summed E-state index contributed by atoms with van der Waals surface area (Å²) in [5.41, 5.74) is 2.08. The van der Waals surface area contributed by atoms with E-state index in [0.29, 0.717) is 17.5 Å². The van der Waals surface area contributed by atoms with E-state index in [2.05, 4.69) is 32.7 Å². The Morgan fingerprint density at radius 2 is 1.81 bits per heavy atom. The van der Waals surface area contributed by atoms with Crippen molar-refractivity contribution in [3.8, 4) is 11.5 Å². The van der Waals surface area contributed by atoms with Crippen molar-refractivity contribution in [2.24, 2.45) is 0 Å². The fourth-order valence-electron chi connectivity index (χ4n) is 2.52. The third-order valence-electron chi connectivity index (χ3n) is 3.87. The van der Waals surface area contributed by atoms with Gasteiger partial charge in [0.25, 0.3) is 0 Å². The van der Waals surface area contributed by atoms with Gasteiger partial charge in [-0.25, -0.2) is 4.98 Å². The normalized spacial score (nSPS) is 10.2. The van der Waals surface area contributed by atoms with E-state index >= 15 is 0 Å². The molecule has 0 amide bonds. The van der Waals surface area contributed by atoms with E-state index < -0.39 is 0 Å². The maximum atomic E-state index is 5.40. The molecule has 0 atom stereocenters. The molecule has 2 aromatic carbocycles. The van der Waals surface area contributed by atoms with Gasteiger partial charge in [0.15, 0.2) is 0 Å². The molecule has 0 aliphatic carbocycles. The van der Waals surface area contributed by atoms with E-state index in [1.165, 1.54) is 5.56 Å². The van der Waals surface area contributed by atoms with Crippen LogP contribution in [0.5, 0.6) is 11.5 Å². The molecule has 0 radical (unpaired) electrons. The van der Waals surface area contributed by atoms with Gasteiger partial charge in [-0.3, -0.25) is 0 Å². The van der Waals surface area contributed by atoms with Crippen molar-refractivity contribution in [3.63, 3.8) is 0 Å². The summed E-state index contributed by atoms with van der Waals surface area (Å²) in [6.07, 6.45) is 2.63. The van der Waals surface area contributed by atoms with Gasteiger partial charge >= 0.3 is 0 Å². The van der Waals surface area contributed by atoms with Gasteiger partial charge in [-0.2, -0.15) is 4.98 Å². The van der Waals surface area contributed by atoms with Crippen molar-refractivity contribution in [2.75, 3.05) is 31.4 Å². The molecular formula is C20H22N4O2. The topological polar surface area (TPSA) is 68.3 Å². The second-order valence-electron chi connectivity index (χ2n) is 5.62. The van der Waals surface area contributed by atoms with Crippen molar-refractivity contribution in [1.82, 2.24) is 9.97 Å². The molecule has 0 saturated carbocycles. The Bertz CT molecular complexity index is 840. The van der Waals surface area contributed by atoms with Gasteiger partial charge in [0, 0.05) is 18.8 Å². The lowest BCUT2D eigenvalue weighted by atomic mass is 10.1. The van der Waals surface area contributed by atoms with Crippen LogP contribution in [0.2, 0.25) is 0 Å². The average molecular weight is 350 g/mol. The zero-order valence-corrected chi connectivity index (χ0v) is 14.9. The van der Waals surface area contributed by atoms with Crippen molar-refractivity contribution in [3.05, 3.63) is 66.4 Å². The van der Waals surface area contributed by atoms with Crippen molar-refractivity contribution < 1.29 is 9.47 Å². The summed E-state index contributed by atoms with van der Waals surface area (Å²) in [7, 11) is 3.25. The highest BCUT2D eigenvalue weighted by Gasteiger charge is 2.07. The monoisotopic (exact) mass is 350 g/mol. The van der Waals surface area contributed by atoms with Crippen LogP contribution in [0.25, 0.3) is 0 Å². The van der Waals surface area contributed by atoms with Crippen LogP contribution in [0.4, 0.5) is 17.5 Å². The molecule has 0 saturated heterocycles. The Kier molecular flexibility index (Phi) is 5.88. The summed E-state index contributed by atoms with van der Waals surface area (Å²) >= 11 is 0. The summed E-state index contributed by atoms with van der Waals surface area (Å²) in [5.74, 6) is 2.68. The second-order valence-corrected chi connectivity index (χ2v) is 5.62. The van der Waals surface area contributed by atoms with Crippen LogP contribution in [0, 0.1) is 0 Å². The molecular weight excluding hydrogens is 328 g/mol. The number of hydrogen-bond acceptors (Lipinski definition) is 6. The van der Waals surface area contributed by atoms with E-state index in [0.717, 1.165) is 24.4 Å². The number of aromatic nitrogens is 2. The molecule has 6 heteroatoms. The Balaban J connectivity index is 1.64. The lowest BCUT2D eigenvalue weighted by Crippen LogP contribution is -2.08. The van der Waals surface area contributed by atoms with Gasteiger partial charge in [-0.05, 0) is 30.2 Å². The zero-order chi connectivity index (χ0) is 18.2.